The Morgan fingerprint density at radius 1 is 1.08 bits per heavy atom. The largest absolute Gasteiger partial charge is 0.497 e. The number of nitrogen functional groups attached to an aromatic ring is 1. The summed E-state index contributed by atoms with van der Waals surface area (Å²) in [5.41, 5.74) is 7.58. The number of methoxy groups -OCH3 is 1. The Kier molecular flexibility index (Phi) is 8.50. The molecule has 0 saturated carbocycles. The van der Waals surface area contributed by atoms with E-state index >= 15 is 0 Å². The van der Waals surface area contributed by atoms with E-state index in [0.717, 1.165) is 22.7 Å². The van der Waals surface area contributed by atoms with Crippen LogP contribution >= 0.6 is 12.4 Å². The highest BCUT2D eigenvalue weighted by Gasteiger charge is 2.04. The zero-order valence-corrected chi connectivity index (χ0v) is 14.5. The number of nitrogens with one attached hydrogen (secondary N) is 1. The maximum Gasteiger partial charge on any atom is 0.220 e. The normalized spacial score (nSPS) is 9.71. The molecule has 2 rings (SSSR count). The van der Waals surface area contributed by atoms with Crippen molar-refractivity contribution in [3.8, 4) is 11.5 Å². The predicted molar refractivity (Wildman–Crippen MR) is 97.9 cm³/mol. The van der Waals surface area contributed by atoms with Crippen LogP contribution in [0.4, 0.5) is 5.69 Å². The second-order valence-corrected chi connectivity index (χ2v) is 5.07. The monoisotopic (exact) mass is 350 g/mol. The van der Waals surface area contributed by atoms with Crippen LogP contribution in [0.3, 0.4) is 0 Å². The summed E-state index contributed by atoms with van der Waals surface area (Å²) in [6.45, 7) is 0.890. The molecule has 6 heteroatoms. The van der Waals surface area contributed by atoms with Gasteiger partial charge in [0.15, 0.2) is 0 Å². The van der Waals surface area contributed by atoms with Crippen LogP contribution in [0, 0.1) is 0 Å². The summed E-state index contributed by atoms with van der Waals surface area (Å²) >= 11 is 0. The van der Waals surface area contributed by atoms with E-state index in [1.807, 2.05) is 48.5 Å². The van der Waals surface area contributed by atoms with Gasteiger partial charge in [-0.05, 0) is 42.3 Å². The van der Waals surface area contributed by atoms with Crippen LogP contribution in [0.1, 0.15) is 12.0 Å². The fourth-order valence-electron chi connectivity index (χ4n) is 2.13. The van der Waals surface area contributed by atoms with E-state index in [0.29, 0.717) is 26.0 Å². The first-order valence-electron chi connectivity index (χ1n) is 7.56. The Morgan fingerprint density at radius 2 is 1.75 bits per heavy atom. The Bertz CT molecular complexity index is 632. The molecule has 0 bridgehead atoms. The number of para-hydroxylation sites is 1. The molecule has 0 aliphatic rings. The maximum atomic E-state index is 11.8. The molecule has 1 amide bonds. The van der Waals surface area contributed by atoms with Crippen molar-refractivity contribution in [2.45, 2.75) is 12.8 Å². The first kappa shape index (κ1) is 19.6. The summed E-state index contributed by atoms with van der Waals surface area (Å²) in [5.74, 6) is 1.52. The van der Waals surface area contributed by atoms with Crippen molar-refractivity contribution in [3.05, 3.63) is 54.1 Å². The average Bonchev–Trinajstić information content (AvgIpc) is 2.58. The molecular weight excluding hydrogens is 328 g/mol. The fourth-order valence-corrected chi connectivity index (χ4v) is 2.13. The van der Waals surface area contributed by atoms with Crippen LogP contribution in [0.5, 0.6) is 11.5 Å². The molecule has 2 aromatic carbocycles. The summed E-state index contributed by atoms with van der Waals surface area (Å²) in [5, 5.41) is 2.84. The van der Waals surface area contributed by atoms with Crippen LogP contribution in [0.15, 0.2) is 48.5 Å². The van der Waals surface area contributed by atoms with Crippen LogP contribution in [0.25, 0.3) is 0 Å². The lowest BCUT2D eigenvalue weighted by Gasteiger charge is -2.09. The Hall–Kier alpha value is -2.40. The molecule has 3 N–H and O–H groups in total. The molecule has 0 heterocycles. The molecule has 0 radical (unpaired) electrons. The minimum Gasteiger partial charge on any atom is -0.497 e. The Balaban J connectivity index is 0.00000288. The molecule has 2 aromatic rings. The number of hydrogen-bond donors (Lipinski definition) is 2. The number of carbonyl (C=O) groups excluding carboxylic acids is 1. The van der Waals surface area contributed by atoms with Crippen molar-refractivity contribution < 1.29 is 14.3 Å². The number of nitrogens with two attached hydrogens (primary N) is 1. The van der Waals surface area contributed by atoms with Gasteiger partial charge in [-0.25, -0.2) is 0 Å². The summed E-state index contributed by atoms with van der Waals surface area (Å²) in [6, 6.07) is 14.9. The molecule has 24 heavy (non-hydrogen) atoms. The van der Waals surface area contributed by atoms with E-state index in [-0.39, 0.29) is 18.3 Å². The summed E-state index contributed by atoms with van der Waals surface area (Å²) in [4.78, 5) is 11.8. The number of ether oxygens (including phenoxy) is 2. The molecule has 0 fully saturated rings. The van der Waals surface area contributed by atoms with Gasteiger partial charge < -0.3 is 20.5 Å². The number of carbonyl (C=O) groups is 1. The van der Waals surface area contributed by atoms with E-state index in [4.69, 9.17) is 15.2 Å². The smallest absolute Gasteiger partial charge is 0.220 e. The predicted octanol–water partition coefficient (Wildman–Crippen LogP) is 2.83. The molecule has 0 atom stereocenters. The quantitative estimate of drug-likeness (QED) is 0.567. The molecule has 0 aliphatic carbocycles. The van der Waals surface area contributed by atoms with E-state index in [2.05, 4.69) is 5.32 Å². The first-order valence-corrected chi connectivity index (χ1v) is 7.56. The van der Waals surface area contributed by atoms with Crippen LogP contribution < -0.4 is 20.5 Å². The number of halogens is 1. The number of hydrogen-bond acceptors (Lipinski definition) is 4. The number of benzene rings is 2. The lowest BCUT2D eigenvalue weighted by Crippen LogP contribution is -2.28. The first-order chi connectivity index (χ1) is 11.2. The lowest BCUT2D eigenvalue weighted by atomic mass is 10.1. The van der Waals surface area contributed by atoms with Crippen LogP contribution in [-0.2, 0) is 11.2 Å². The van der Waals surface area contributed by atoms with E-state index < -0.39 is 0 Å². The lowest BCUT2D eigenvalue weighted by molar-refractivity contribution is -0.121. The SMILES string of the molecule is COc1ccc(OCCNC(=O)CCc2ccccc2N)cc1.Cl. The number of rotatable bonds is 8. The Labute approximate surface area is 148 Å². The standard InChI is InChI=1S/C18H22N2O3.ClH/c1-22-15-7-9-16(10-8-15)23-13-12-20-18(21)11-6-14-4-2-3-5-17(14)19;/h2-5,7-10H,6,11-13,19H2,1H3,(H,20,21);1H. The van der Waals surface area contributed by atoms with Gasteiger partial charge in [-0.15, -0.1) is 12.4 Å². The highest BCUT2D eigenvalue weighted by molar-refractivity contribution is 5.85. The van der Waals surface area contributed by atoms with E-state index in [1.54, 1.807) is 7.11 Å². The highest BCUT2D eigenvalue weighted by Crippen LogP contribution is 2.16. The molecule has 0 aromatic heterocycles. The zero-order valence-electron chi connectivity index (χ0n) is 13.7. The third-order valence-electron chi connectivity index (χ3n) is 3.43. The van der Waals surface area contributed by atoms with Crippen molar-refractivity contribution in [2.75, 3.05) is 26.0 Å². The number of aryl methyl sites for hydroxylation is 1. The van der Waals surface area contributed by atoms with Crippen LogP contribution in [0.2, 0.25) is 0 Å². The second kappa shape index (κ2) is 10.4. The maximum absolute atomic E-state index is 11.8. The third-order valence-corrected chi connectivity index (χ3v) is 3.43. The molecule has 130 valence electrons. The number of amides is 1. The van der Waals surface area contributed by atoms with Gasteiger partial charge in [-0.3, -0.25) is 4.79 Å². The highest BCUT2D eigenvalue weighted by atomic mass is 35.5. The molecule has 0 unspecified atom stereocenters. The number of anilines is 1. The third kappa shape index (κ3) is 6.38. The molecule has 0 spiro atoms. The van der Waals surface area contributed by atoms with Gasteiger partial charge in [0, 0.05) is 12.1 Å². The van der Waals surface area contributed by atoms with Gasteiger partial charge in [0.05, 0.1) is 13.7 Å². The molecule has 0 aliphatic heterocycles. The molecule has 0 saturated heterocycles. The van der Waals surface area contributed by atoms with Crippen molar-refractivity contribution in [2.24, 2.45) is 0 Å². The second-order valence-electron chi connectivity index (χ2n) is 5.07. The van der Waals surface area contributed by atoms with Crippen molar-refractivity contribution in [1.29, 1.82) is 0 Å². The van der Waals surface area contributed by atoms with Gasteiger partial charge in [0.1, 0.15) is 18.1 Å². The van der Waals surface area contributed by atoms with Gasteiger partial charge in [0.2, 0.25) is 5.91 Å². The molecule has 5 nitrogen and oxygen atoms in total. The van der Waals surface area contributed by atoms with Crippen molar-refractivity contribution in [3.63, 3.8) is 0 Å². The zero-order chi connectivity index (χ0) is 16.5. The van der Waals surface area contributed by atoms with Gasteiger partial charge >= 0.3 is 0 Å². The summed E-state index contributed by atoms with van der Waals surface area (Å²) in [6.07, 6.45) is 1.05. The minimum absolute atomic E-state index is 0. The molecular formula is C18H23ClN2O3. The van der Waals surface area contributed by atoms with Crippen molar-refractivity contribution in [1.82, 2.24) is 5.32 Å². The topological polar surface area (TPSA) is 73.6 Å². The van der Waals surface area contributed by atoms with Crippen LogP contribution in [-0.4, -0.2) is 26.2 Å². The van der Waals surface area contributed by atoms with Crippen molar-refractivity contribution >= 4 is 24.0 Å². The summed E-state index contributed by atoms with van der Waals surface area (Å²) in [7, 11) is 1.62. The fraction of sp³-hybridized carbons (Fsp3) is 0.278. The van der Waals surface area contributed by atoms with E-state index in [1.165, 1.54) is 0 Å². The van der Waals surface area contributed by atoms with Gasteiger partial charge in [0.25, 0.3) is 0 Å². The van der Waals surface area contributed by atoms with Gasteiger partial charge in [-0.2, -0.15) is 0 Å². The van der Waals surface area contributed by atoms with E-state index in [9.17, 15) is 4.79 Å². The minimum atomic E-state index is -0.00779. The van der Waals surface area contributed by atoms with Gasteiger partial charge in [-0.1, -0.05) is 18.2 Å². The Morgan fingerprint density at radius 3 is 2.42 bits per heavy atom. The average molecular weight is 351 g/mol. The summed E-state index contributed by atoms with van der Waals surface area (Å²) < 4.78 is 10.6.